The van der Waals surface area contributed by atoms with E-state index in [4.69, 9.17) is 4.74 Å². The number of fused-ring (bicyclic) bond motifs is 1. The molecule has 1 nitrogen and oxygen atoms in total. The van der Waals surface area contributed by atoms with E-state index in [1.165, 1.54) is 20.9 Å². The minimum absolute atomic E-state index is 0.293. The number of thiol groups is 1. The molecule has 0 saturated carbocycles. The molecule has 0 N–H and O–H groups in total. The van der Waals surface area contributed by atoms with Crippen LogP contribution >= 0.6 is 10.9 Å². The van der Waals surface area contributed by atoms with Gasteiger partial charge in [-0.15, -0.1) is 0 Å². The van der Waals surface area contributed by atoms with Gasteiger partial charge in [0.2, 0.25) is 0 Å². The van der Waals surface area contributed by atoms with Crippen LogP contribution in [-0.2, 0) is 12.8 Å². The molecule has 3 aromatic carbocycles. The summed E-state index contributed by atoms with van der Waals surface area (Å²) < 4.78 is 21.5. The van der Waals surface area contributed by atoms with Crippen molar-refractivity contribution < 1.29 is 9.13 Å². The molecule has 0 aromatic heterocycles. The Morgan fingerprint density at radius 2 is 1.55 bits per heavy atom. The van der Waals surface area contributed by atoms with Gasteiger partial charge in [0.25, 0.3) is 0 Å². The van der Waals surface area contributed by atoms with Crippen molar-refractivity contribution in [3.63, 3.8) is 0 Å². The maximum Gasteiger partial charge on any atom is 0.165 e. The summed E-state index contributed by atoms with van der Waals surface area (Å²) in [6.07, 6.45) is 10.9. The van der Waals surface area contributed by atoms with Crippen LogP contribution in [0, 0.1) is 11.7 Å². The van der Waals surface area contributed by atoms with Crippen LogP contribution in [0.1, 0.15) is 37.8 Å². The molecule has 0 bridgehead atoms. The number of halogens is 1. The third kappa shape index (κ3) is 4.65. The van der Waals surface area contributed by atoms with Crippen molar-refractivity contribution in [3.05, 3.63) is 113 Å². The Hall–Kier alpha value is -2.78. The summed E-state index contributed by atoms with van der Waals surface area (Å²) in [4.78, 5) is 3.72. The van der Waals surface area contributed by atoms with Gasteiger partial charge in [-0.1, -0.05) is 60.7 Å². The van der Waals surface area contributed by atoms with Gasteiger partial charge in [-0.3, -0.25) is 0 Å². The zero-order valence-corrected chi connectivity index (χ0v) is 20.2. The van der Waals surface area contributed by atoms with E-state index < -0.39 is 16.5 Å². The zero-order chi connectivity index (χ0) is 22.8. The molecular weight excluding hydrogens is 427 g/mol. The molecule has 0 fully saturated rings. The van der Waals surface area contributed by atoms with Gasteiger partial charge < -0.3 is 4.74 Å². The topological polar surface area (TPSA) is 9.23 Å². The van der Waals surface area contributed by atoms with Crippen molar-refractivity contribution in [2.24, 2.45) is 5.92 Å². The van der Waals surface area contributed by atoms with Crippen molar-refractivity contribution >= 4 is 10.9 Å². The largest absolute Gasteiger partial charge is 0.484 e. The minimum atomic E-state index is -0.760. The van der Waals surface area contributed by atoms with Crippen LogP contribution in [0.25, 0.3) is 0 Å². The second kappa shape index (κ2) is 9.23. The van der Waals surface area contributed by atoms with Crippen molar-refractivity contribution in [1.82, 2.24) is 0 Å². The average Bonchev–Trinajstić information content (AvgIpc) is 3.28. The lowest BCUT2D eigenvalue weighted by molar-refractivity contribution is 0.0438. The molecule has 1 unspecified atom stereocenters. The van der Waals surface area contributed by atoms with E-state index >= 15 is 4.39 Å². The highest BCUT2D eigenvalue weighted by Crippen LogP contribution is 2.53. The summed E-state index contributed by atoms with van der Waals surface area (Å²) in [5.74, 6) is 0.383. The highest BCUT2D eigenvalue weighted by atomic mass is 32.2. The van der Waals surface area contributed by atoms with Crippen LogP contribution < -0.4 is 4.74 Å². The summed E-state index contributed by atoms with van der Waals surface area (Å²) in [6, 6.07) is 24.6. The van der Waals surface area contributed by atoms with Crippen LogP contribution in [0.5, 0.6) is 5.75 Å². The van der Waals surface area contributed by atoms with E-state index in [2.05, 4.69) is 80.6 Å². The first-order valence-electron chi connectivity index (χ1n) is 11.8. The molecular formula is C30H31FOS. The first-order valence-corrected chi connectivity index (χ1v) is 13.1. The molecule has 2 aliphatic rings. The second-order valence-electron chi connectivity index (χ2n) is 9.47. The van der Waals surface area contributed by atoms with E-state index in [9.17, 15) is 0 Å². The molecule has 0 radical (unpaired) electrons. The number of rotatable bonds is 6. The van der Waals surface area contributed by atoms with Crippen LogP contribution in [0.2, 0.25) is 0 Å². The second-order valence-corrected chi connectivity index (χ2v) is 11.7. The first kappa shape index (κ1) is 22.0. The Labute approximate surface area is 199 Å². The Morgan fingerprint density at radius 3 is 2.21 bits per heavy atom. The van der Waals surface area contributed by atoms with Crippen LogP contribution in [0.15, 0.2) is 106 Å². The summed E-state index contributed by atoms with van der Waals surface area (Å²) in [6.45, 7) is 4.20. The summed E-state index contributed by atoms with van der Waals surface area (Å²) >= 11 is 0. The summed E-state index contributed by atoms with van der Waals surface area (Å²) in [5.41, 5.74) is 2.30. The van der Waals surface area contributed by atoms with Gasteiger partial charge in [-0.2, -0.15) is 10.9 Å². The predicted molar refractivity (Wildman–Crippen MR) is 137 cm³/mol. The lowest BCUT2D eigenvalue weighted by Gasteiger charge is -2.33. The molecule has 5 rings (SSSR count). The SMILES string of the molecule is CC(C)(Oc1cc([SH](C2=CCCC=C2)c2ccccc2)ccc1F)C1Cc2ccccc2C1. The Bertz CT molecular complexity index is 1170. The molecule has 0 amide bonds. The Kier molecular flexibility index (Phi) is 6.16. The van der Waals surface area contributed by atoms with Crippen molar-refractivity contribution in [1.29, 1.82) is 0 Å². The van der Waals surface area contributed by atoms with Gasteiger partial charge >= 0.3 is 0 Å². The molecule has 0 heterocycles. The fourth-order valence-electron chi connectivity index (χ4n) is 4.92. The fourth-order valence-corrected chi connectivity index (χ4v) is 7.32. The number of hydrogen-bond donors (Lipinski definition) is 1. The number of ether oxygens (including phenoxy) is 1. The average molecular weight is 459 g/mol. The molecule has 3 heteroatoms. The Morgan fingerprint density at radius 1 is 0.848 bits per heavy atom. The smallest absolute Gasteiger partial charge is 0.165 e. The molecule has 0 saturated heterocycles. The molecule has 2 aliphatic carbocycles. The first-order chi connectivity index (χ1) is 16.0. The number of allylic oxidation sites excluding steroid dienone is 3. The van der Waals surface area contributed by atoms with Crippen LogP contribution in [0.3, 0.4) is 0 Å². The monoisotopic (exact) mass is 458 g/mol. The maximum absolute atomic E-state index is 15.0. The van der Waals surface area contributed by atoms with Gasteiger partial charge in [-0.25, -0.2) is 4.39 Å². The molecule has 170 valence electrons. The fraction of sp³-hybridized carbons (Fsp3) is 0.267. The third-order valence-electron chi connectivity index (χ3n) is 6.83. The lowest BCUT2D eigenvalue weighted by Crippen LogP contribution is -2.38. The van der Waals surface area contributed by atoms with Gasteiger partial charge in [0.1, 0.15) is 5.60 Å². The Balaban J connectivity index is 1.46. The number of hydrogen-bond acceptors (Lipinski definition) is 1. The third-order valence-corrected chi connectivity index (χ3v) is 9.29. The van der Waals surface area contributed by atoms with E-state index in [-0.39, 0.29) is 5.82 Å². The van der Waals surface area contributed by atoms with E-state index in [1.54, 1.807) is 6.07 Å². The molecule has 3 aromatic rings. The van der Waals surface area contributed by atoms with Crippen LogP contribution in [-0.4, -0.2) is 5.60 Å². The van der Waals surface area contributed by atoms with E-state index in [0.29, 0.717) is 11.7 Å². The van der Waals surface area contributed by atoms with Gasteiger partial charge in [-0.05, 0) is 95.7 Å². The standard InChI is InChI=1S/C30H31FOS/c1-30(2,24-19-22-11-9-10-12-23(22)20-24)32-29-21-27(17-18-28(29)31)33(25-13-5-3-6-14-25)26-15-7-4-8-16-26/h3,5-7,9-18,21,24,33H,4,8,19-20H2,1-2H3. The van der Waals surface area contributed by atoms with Crippen molar-refractivity contribution in [3.8, 4) is 5.75 Å². The predicted octanol–water partition coefficient (Wildman–Crippen LogP) is 8.05. The van der Waals surface area contributed by atoms with Crippen molar-refractivity contribution in [2.75, 3.05) is 0 Å². The van der Waals surface area contributed by atoms with Gasteiger partial charge in [0, 0.05) is 5.92 Å². The quantitative estimate of drug-likeness (QED) is 0.368. The van der Waals surface area contributed by atoms with Gasteiger partial charge in [0.05, 0.1) is 0 Å². The maximum atomic E-state index is 15.0. The normalized spacial score (nSPS) is 17.4. The van der Waals surface area contributed by atoms with Gasteiger partial charge in [0.15, 0.2) is 11.6 Å². The summed E-state index contributed by atoms with van der Waals surface area (Å²) in [5, 5.41) is 0. The molecule has 33 heavy (non-hydrogen) atoms. The zero-order valence-electron chi connectivity index (χ0n) is 19.3. The molecule has 0 aliphatic heterocycles. The van der Waals surface area contributed by atoms with Crippen LogP contribution in [0.4, 0.5) is 4.39 Å². The number of benzene rings is 3. The van der Waals surface area contributed by atoms with E-state index in [0.717, 1.165) is 30.6 Å². The van der Waals surface area contributed by atoms with Crippen molar-refractivity contribution in [2.45, 2.75) is 54.9 Å². The highest BCUT2D eigenvalue weighted by molar-refractivity contribution is 8.20. The molecule has 1 atom stereocenters. The lowest BCUT2D eigenvalue weighted by atomic mass is 9.88. The van der Waals surface area contributed by atoms with E-state index in [1.807, 2.05) is 18.2 Å². The summed E-state index contributed by atoms with van der Waals surface area (Å²) in [7, 11) is -0.760. The highest BCUT2D eigenvalue weighted by Gasteiger charge is 2.37. The molecule has 0 spiro atoms. The minimum Gasteiger partial charge on any atom is -0.484 e.